The van der Waals surface area contributed by atoms with Crippen molar-refractivity contribution < 1.29 is 19.0 Å². The second-order valence-corrected chi connectivity index (χ2v) is 6.02. The van der Waals surface area contributed by atoms with Crippen LogP contribution >= 0.6 is 0 Å². The minimum absolute atomic E-state index is 0.0831. The first-order valence-corrected chi connectivity index (χ1v) is 9.55. The molecule has 6 heteroatoms. The predicted octanol–water partition coefficient (Wildman–Crippen LogP) is 4.40. The van der Waals surface area contributed by atoms with Crippen molar-refractivity contribution in [1.29, 1.82) is 0 Å². The van der Waals surface area contributed by atoms with Gasteiger partial charge < -0.3 is 14.2 Å². The molecule has 0 spiro atoms. The van der Waals surface area contributed by atoms with Gasteiger partial charge >= 0.3 is 0 Å². The van der Waals surface area contributed by atoms with Crippen LogP contribution in [0.4, 0.5) is 0 Å². The monoisotopic (exact) mass is 384 g/mol. The van der Waals surface area contributed by atoms with Crippen LogP contribution in [0.2, 0.25) is 0 Å². The number of rotatable bonds is 10. The van der Waals surface area contributed by atoms with Crippen molar-refractivity contribution in [1.82, 2.24) is 5.43 Å². The van der Waals surface area contributed by atoms with Crippen LogP contribution in [0.15, 0.2) is 47.6 Å². The lowest BCUT2D eigenvalue weighted by Crippen LogP contribution is -2.18. The van der Waals surface area contributed by atoms with Crippen LogP contribution in [-0.4, -0.2) is 31.9 Å². The summed E-state index contributed by atoms with van der Waals surface area (Å²) in [6.07, 6.45) is 1.70. The van der Waals surface area contributed by atoms with Crippen LogP contribution in [0.25, 0.3) is 0 Å². The summed E-state index contributed by atoms with van der Waals surface area (Å²) in [5, 5.41) is 4.10. The molecule has 28 heavy (non-hydrogen) atoms. The normalized spacial score (nSPS) is 11.9. The lowest BCUT2D eigenvalue weighted by molar-refractivity contribution is 0.0954. The maximum absolute atomic E-state index is 12.6. The quantitative estimate of drug-likeness (QED) is 0.487. The molecule has 6 nitrogen and oxygen atoms in total. The summed E-state index contributed by atoms with van der Waals surface area (Å²) in [4.78, 5) is 12.6. The summed E-state index contributed by atoms with van der Waals surface area (Å²) in [6, 6.07) is 13.2. The lowest BCUT2D eigenvalue weighted by Gasteiger charge is -2.16. The summed E-state index contributed by atoms with van der Waals surface area (Å²) in [5.41, 5.74) is 4.08. The van der Waals surface area contributed by atoms with Crippen molar-refractivity contribution >= 4 is 12.1 Å². The van der Waals surface area contributed by atoms with Crippen LogP contribution < -0.4 is 19.6 Å². The van der Waals surface area contributed by atoms with Gasteiger partial charge in [0.05, 0.1) is 19.8 Å². The van der Waals surface area contributed by atoms with E-state index >= 15 is 0 Å². The van der Waals surface area contributed by atoms with Crippen molar-refractivity contribution in [3.8, 4) is 17.2 Å². The molecule has 2 rings (SSSR count). The van der Waals surface area contributed by atoms with E-state index < -0.39 is 0 Å². The number of hydrogen-bond acceptors (Lipinski definition) is 5. The van der Waals surface area contributed by atoms with E-state index in [-0.39, 0.29) is 11.8 Å². The fourth-order valence-corrected chi connectivity index (χ4v) is 2.63. The first kappa shape index (κ1) is 21.3. The van der Waals surface area contributed by atoms with E-state index in [4.69, 9.17) is 14.2 Å². The van der Waals surface area contributed by atoms with Crippen molar-refractivity contribution in [2.24, 2.45) is 5.10 Å². The van der Waals surface area contributed by atoms with E-state index in [1.807, 2.05) is 58.0 Å². The van der Waals surface area contributed by atoms with Gasteiger partial charge in [0.1, 0.15) is 0 Å². The topological polar surface area (TPSA) is 69.2 Å². The zero-order valence-corrected chi connectivity index (χ0v) is 16.9. The van der Waals surface area contributed by atoms with E-state index in [1.165, 1.54) is 0 Å². The number of carbonyl (C=O) groups excluding carboxylic acids is 1. The Balaban J connectivity index is 2.18. The number of nitrogens with one attached hydrogen (secondary N) is 1. The van der Waals surface area contributed by atoms with E-state index in [0.29, 0.717) is 42.6 Å². The molecule has 1 atom stereocenters. The minimum atomic E-state index is -0.346. The zero-order valence-electron chi connectivity index (χ0n) is 16.9. The van der Waals surface area contributed by atoms with Crippen LogP contribution in [0.1, 0.15) is 49.5 Å². The number of benzene rings is 2. The smallest absolute Gasteiger partial charge is 0.271 e. The standard InChI is InChI=1S/C22H28N2O4/c1-5-26-19-13-18(14-20(27-6-2)21(19)28-7-3)22(25)24-23-15-16(4)17-11-9-8-10-12-17/h8-16H,5-7H2,1-4H3,(H,24,25). The summed E-state index contributed by atoms with van der Waals surface area (Å²) in [5.74, 6) is 1.19. The molecule has 0 radical (unpaired) electrons. The van der Waals surface area contributed by atoms with Crippen LogP contribution in [0.3, 0.4) is 0 Å². The molecule has 0 fully saturated rings. The fourth-order valence-electron chi connectivity index (χ4n) is 2.63. The van der Waals surface area contributed by atoms with Crippen LogP contribution in [-0.2, 0) is 0 Å². The Hall–Kier alpha value is -3.02. The highest BCUT2D eigenvalue weighted by molar-refractivity contribution is 5.95. The average Bonchev–Trinajstić information content (AvgIpc) is 2.71. The van der Waals surface area contributed by atoms with E-state index in [2.05, 4.69) is 10.5 Å². The maximum Gasteiger partial charge on any atom is 0.271 e. The van der Waals surface area contributed by atoms with E-state index in [1.54, 1.807) is 18.3 Å². The second kappa shape index (κ2) is 11.0. The summed E-state index contributed by atoms with van der Waals surface area (Å²) in [6.45, 7) is 9.01. The molecule has 0 aliphatic heterocycles. The Morgan fingerprint density at radius 2 is 1.57 bits per heavy atom. The Morgan fingerprint density at radius 3 is 2.11 bits per heavy atom. The number of hydrazone groups is 1. The Kier molecular flexibility index (Phi) is 8.34. The second-order valence-electron chi connectivity index (χ2n) is 6.02. The van der Waals surface area contributed by atoms with Gasteiger partial charge in [0.15, 0.2) is 11.5 Å². The van der Waals surface area contributed by atoms with Crippen molar-refractivity contribution in [3.63, 3.8) is 0 Å². The van der Waals surface area contributed by atoms with E-state index in [9.17, 15) is 4.79 Å². The largest absolute Gasteiger partial charge is 0.490 e. The highest BCUT2D eigenvalue weighted by atomic mass is 16.5. The Morgan fingerprint density at radius 1 is 1.00 bits per heavy atom. The van der Waals surface area contributed by atoms with Gasteiger partial charge in [-0.3, -0.25) is 4.79 Å². The van der Waals surface area contributed by atoms with Gasteiger partial charge in [-0.05, 0) is 38.5 Å². The third kappa shape index (κ3) is 5.74. The Bertz CT molecular complexity index is 763. The van der Waals surface area contributed by atoms with Gasteiger partial charge in [-0.15, -0.1) is 0 Å². The van der Waals surface area contributed by atoms with Crippen LogP contribution in [0.5, 0.6) is 17.2 Å². The molecule has 2 aromatic rings. The van der Waals surface area contributed by atoms with Gasteiger partial charge in [0.2, 0.25) is 5.75 Å². The van der Waals surface area contributed by atoms with Gasteiger partial charge in [-0.2, -0.15) is 5.10 Å². The molecule has 1 amide bonds. The van der Waals surface area contributed by atoms with Gasteiger partial charge in [-0.25, -0.2) is 5.43 Å². The molecule has 2 aromatic carbocycles. The first-order chi connectivity index (χ1) is 13.6. The molecule has 0 aliphatic carbocycles. The lowest BCUT2D eigenvalue weighted by atomic mass is 10.0. The maximum atomic E-state index is 12.6. The van der Waals surface area contributed by atoms with Gasteiger partial charge in [-0.1, -0.05) is 37.3 Å². The summed E-state index contributed by atoms with van der Waals surface area (Å²) < 4.78 is 16.9. The molecule has 0 saturated heterocycles. The predicted molar refractivity (Wildman–Crippen MR) is 111 cm³/mol. The van der Waals surface area contributed by atoms with Crippen molar-refractivity contribution in [2.75, 3.05) is 19.8 Å². The summed E-state index contributed by atoms with van der Waals surface area (Å²) in [7, 11) is 0. The molecule has 0 heterocycles. The first-order valence-electron chi connectivity index (χ1n) is 9.55. The molecular formula is C22H28N2O4. The van der Waals surface area contributed by atoms with Crippen molar-refractivity contribution in [2.45, 2.75) is 33.6 Å². The fraction of sp³-hybridized carbons (Fsp3) is 0.364. The van der Waals surface area contributed by atoms with Gasteiger partial charge in [0.25, 0.3) is 5.91 Å². The molecule has 0 saturated carbocycles. The number of hydrogen-bond donors (Lipinski definition) is 1. The highest BCUT2D eigenvalue weighted by Crippen LogP contribution is 2.39. The molecule has 1 N–H and O–H groups in total. The third-order valence-corrected chi connectivity index (χ3v) is 3.96. The number of nitrogens with zero attached hydrogens (tertiary/aromatic N) is 1. The molecule has 0 aromatic heterocycles. The minimum Gasteiger partial charge on any atom is -0.490 e. The molecular weight excluding hydrogens is 356 g/mol. The third-order valence-electron chi connectivity index (χ3n) is 3.96. The summed E-state index contributed by atoms with van der Waals surface area (Å²) >= 11 is 0. The van der Waals surface area contributed by atoms with Crippen molar-refractivity contribution in [3.05, 3.63) is 53.6 Å². The molecule has 1 unspecified atom stereocenters. The average molecular weight is 384 g/mol. The number of carbonyl (C=O) groups is 1. The van der Waals surface area contributed by atoms with Crippen LogP contribution in [0, 0.1) is 0 Å². The van der Waals surface area contributed by atoms with Gasteiger partial charge in [0, 0.05) is 17.7 Å². The molecule has 0 bridgehead atoms. The van der Waals surface area contributed by atoms with E-state index in [0.717, 1.165) is 5.56 Å². The number of ether oxygens (including phenoxy) is 3. The molecule has 0 aliphatic rings. The number of amides is 1. The highest BCUT2D eigenvalue weighted by Gasteiger charge is 2.18. The zero-order chi connectivity index (χ0) is 20.4. The molecule has 150 valence electrons. The Labute approximate surface area is 166 Å². The SMILES string of the molecule is CCOc1cc(C(=O)NN=CC(C)c2ccccc2)cc(OCC)c1OCC.